The first-order valence-electron chi connectivity index (χ1n) is 5.78. The van der Waals surface area contributed by atoms with E-state index in [1.54, 1.807) is 0 Å². The normalized spacial score (nSPS) is 10.2. The second-order valence-electron chi connectivity index (χ2n) is 3.88. The molecule has 0 fully saturated rings. The maximum atomic E-state index is 10.9. The van der Waals surface area contributed by atoms with Crippen LogP contribution < -0.4 is 0 Å². The van der Waals surface area contributed by atoms with Gasteiger partial charge < -0.3 is 9.47 Å². The fraction of sp³-hybridized carbons (Fsp3) is 0.818. The summed E-state index contributed by atoms with van der Waals surface area (Å²) >= 11 is 0. The van der Waals surface area contributed by atoms with Gasteiger partial charge in [0.05, 0.1) is 14.2 Å². The van der Waals surface area contributed by atoms with Gasteiger partial charge in [0.2, 0.25) is 6.04 Å². The lowest BCUT2D eigenvalue weighted by Gasteiger charge is -2.08. The van der Waals surface area contributed by atoms with E-state index in [1.807, 2.05) is 0 Å². The molecule has 0 unspecified atom stereocenters. The van der Waals surface area contributed by atoms with Gasteiger partial charge >= 0.3 is 11.9 Å². The molecule has 0 aromatic heterocycles. The van der Waals surface area contributed by atoms with Gasteiger partial charge in [-0.1, -0.05) is 0 Å². The lowest BCUT2D eigenvalue weighted by molar-refractivity contribution is -0.524. The summed E-state index contributed by atoms with van der Waals surface area (Å²) in [6.45, 7) is 0. The number of rotatable bonds is 9. The molecule has 0 saturated heterocycles. The second-order valence-corrected chi connectivity index (χ2v) is 3.88. The molecular weight excluding hydrogens is 242 g/mol. The number of carbonyl (C=O) groups is 2. The second kappa shape index (κ2) is 9.38. The lowest BCUT2D eigenvalue weighted by Crippen LogP contribution is -2.20. The summed E-state index contributed by atoms with van der Waals surface area (Å²) in [5.74, 6) is -0.738. The quantitative estimate of drug-likeness (QED) is 0.353. The molecule has 0 radical (unpaired) electrons. The molecule has 0 aromatic carbocycles. The van der Waals surface area contributed by atoms with Gasteiger partial charge in [0.1, 0.15) is 0 Å². The Labute approximate surface area is 106 Å². The summed E-state index contributed by atoms with van der Waals surface area (Å²) in [6, 6.07) is -0.723. The van der Waals surface area contributed by atoms with Crippen molar-refractivity contribution in [3.8, 4) is 0 Å². The average molecular weight is 261 g/mol. The molecule has 0 bridgehead atoms. The van der Waals surface area contributed by atoms with E-state index in [-0.39, 0.29) is 29.7 Å². The summed E-state index contributed by atoms with van der Waals surface area (Å²) in [5, 5.41) is 10.8. The Balaban J connectivity index is 3.89. The Hall–Kier alpha value is -1.66. The summed E-state index contributed by atoms with van der Waals surface area (Å²) in [6.07, 6.45) is 1.80. The van der Waals surface area contributed by atoms with Gasteiger partial charge in [-0.15, -0.1) is 0 Å². The largest absolute Gasteiger partial charge is 0.469 e. The highest BCUT2D eigenvalue weighted by molar-refractivity contribution is 5.69. The maximum Gasteiger partial charge on any atom is 0.305 e. The molecule has 0 aliphatic carbocycles. The first kappa shape index (κ1) is 16.3. The summed E-state index contributed by atoms with van der Waals surface area (Å²) < 4.78 is 8.90. The van der Waals surface area contributed by atoms with E-state index in [2.05, 4.69) is 9.47 Å². The van der Waals surface area contributed by atoms with E-state index in [4.69, 9.17) is 0 Å². The van der Waals surface area contributed by atoms with E-state index in [0.29, 0.717) is 25.7 Å². The van der Waals surface area contributed by atoms with Crippen LogP contribution >= 0.6 is 0 Å². The molecule has 7 nitrogen and oxygen atoms in total. The third-order valence-corrected chi connectivity index (χ3v) is 2.59. The zero-order valence-electron chi connectivity index (χ0n) is 10.7. The number of nitro groups is 1. The Morgan fingerprint density at radius 3 is 1.72 bits per heavy atom. The third-order valence-electron chi connectivity index (χ3n) is 2.59. The van der Waals surface area contributed by atoms with Crippen LogP contribution in [0.5, 0.6) is 0 Å². The van der Waals surface area contributed by atoms with Crippen molar-refractivity contribution < 1.29 is 24.0 Å². The van der Waals surface area contributed by atoms with Crippen molar-refractivity contribution in [2.45, 2.75) is 44.6 Å². The molecule has 0 spiro atoms. The predicted molar refractivity (Wildman–Crippen MR) is 62.5 cm³/mol. The van der Waals surface area contributed by atoms with Crippen LogP contribution in [0.2, 0.25) is 0 Å². The van der Waals surface area contributed by atoms with Crippen molar-refractivity contribution in [3.63, 3.8) is 0 Å². The minimum atomic E-state index is -0.723. The Morgan fingerprint density at radius 1 is 1.06 bits per heavy atom. The van der Waals surface area contributed by atoms with Gasteiger partial charge in [0.25, 0.3) is 0 Å². The number of hydrogen-bond donors (Lipinski definition) is 0. The van der Waals surface area contributed by atoms with Crippen LogP contribution in [0.15, 0.2) is 0 Å². The van der Waals surface area contributed by atoms with Gasteiger partial charge in [-0.2, -0.15) is 0 Å². The van der Waals surface area contributed by atoms with Crippen LogP contribution in [0, 0.1) is 10.1 Å². The smallest absolute Gasteiger partial charge is 0.305 e. The van der Waals surface area contributed by atoms with Crippen molar-refractivity contribution in [3.05, 3.63) is 10.1 Å². The molecule has 0 amide bonds. The zero-order valence-corrected chi connectivity index (χ0v) is 10.7. The zero-order chi connectivity index (χ0) is 14.0. The molecule has 18 heavy (non-hydrogen) atoms. The van der Waals surface area contributed by atoms with Crippen molar-refractivity contribution in [2.24, 2.45) is 0 Å². The number of esters is 2. The number of carbonyl (C=O) groups excluding carboxylic acids is 2. The molecule has 0 aromatic rings. The molecular formula is C11H19NO6. The molecule has 0 heterocycles. The SMILES string of the molecule is COC(=O)CCCC(CCCC(=O)OC)[N+](=O)[O-]. The van der Waals surface area contributed by atoms with Crippen molar-refractivity contribution in [2.75, 3.05) is 14.2 Å². The van der Waals surface area contributed by atoms with Gasteiger partial charge in [0, 0.05) is 30.6 Å². The number of hydrogen-bond acceptors (Lipinski definition) is 6. The summed E-state index contributed by atoms with van der Waals surface area (Å²) in [5.41, 5.74) is 0. The maximum absolute atomic E-state index is 10.9. The molecule has 0 aliphatic heterocycles. The summed E-state index contributed by atoms with van der Waals surface area (Å²) in [4.78, 5) is 32.1. The molecule has 0 N–H and O–H groups in total. The van der Waals surface area contributed by atoms with E-state index in [0.717, 1.165) is 0 Å². The molecule has 0 rings (SSSR count). The van der Waals surface area contributed by atoms with Crippen LogP contribution in [0.25, 0.3) is 0 Å². The first-order valence-corrected chi connectivity index (χ1v) is 5.78. The molecule has 0 saturated carbocycles. The molecule has 104 valence electrons. The highest BCUT2D eigenvalue weighted by Gasteiger charge is 2.20. The van der Waals surface area contributed by atoms with Gasteiger partial charge in [-0.25, -0.2) is 0 Å². The van der Waals surface area contributed by atoms with E-state index >= 15 is 0 Å². The Kier molecular flexibility index (Phi) is 8.51. The fourth-order valence-corrected chi connectivity index (χ4v) is 1.52. The molecule has 7 heteroatoms. The predicted octanol–water partition coefficient (Wildman–Crippen LogP) is 1.32. The first-order chi connectivity index (χ1) is 8.51. The standard InChI is InChI=1S/C11H19NO6/c1-17-10(13)7-3-5-9(12(15)16)6-4-8-11(14)18-2/h9H,3-8H2,1-2H3. The average Bonchev–Trinajstić information content (AvgIpc) is 2.35. The van der Waals surface area contributed by atoms with Crippen molar-refractivity contribution in [1.29, 1.82) is 0 Å². The van der Waals surface area contributed by atoms with Crippen LogP contribution in [-0.4, -0.2) is 37.1 Å². The van der Waals surface area contributed by atoms with Crippen LogP contribution in [0.1, 0.15) is 38.5 Å². The van der Waals surface area contributed by atoms with E-state index in [9.17, 15) is 19.7 Å². The lowest BCUT2D eigenvalue weighted by atomic mass is 10.0. The fourth-order valence-electron chi connectivity index (χ4n) is 1.52. The van der Waals surface area contributed by atoms with Crippen LogP contribution in [-0.2, 0) is 19.1 Å². The number of methoxy groups -OCH3 is 2. The van der Waals surface area contributed by atoms with Gasteiger partial charge in [-0.05, 0) is 12.8 Å². The van der Waals surface area contributed by atoms with Crippen molar-refractivity contribution in [1.82, 2.24) is 0 Å². The highest BCUT2D eigenvalue weighted by atomic mass is 16.6. The Morgan fingerprint density at radius 2 is 1.44 bits per heavy atom. The van der Waals surface area contributed by atoms with Crippen LogP contribution in [0.3, 0.4) is 0 Å². The van der Waals surface area contributed by atoms with Gasteiger partial charge in [0.15, 0.2) is 0 Å². The van der Waals surface area contributed by atoms with E-state index < -0.39 is 6.04 Å². The monoisotopic (exact) mass is 261 g/mol. The molecule has 0 aliphatic rings. The van der Waals surface area contributed by atoms with Crippen LogP contribution in [0.4, 0.5) is 0 Å². The minimum absolute atomic E-state index is 0.178. The summed E-state index contributed by atoms with van der Waals surface area (Å²) in [7, 11) is 2.56. The Bertz CT molecular complexity index is 269. The number of nitrogens with zero attached hydrogens (tertiary/aromatic N) is 1. The van der Waals surface area contributed by atoms with E-state index in [1.165, 1.54) is 14.2 Å². The molecule has 0 atom stereocenters. The van der Waals surface area contributed by atoms with Gasteiger partial charge in [-0.3, -0.25) is 19.7 Å². The minimum Gasteiger partial charge on any atom is -0.469 e. The number of ether oxygens (including phenoxy) is 2. The third kappa shape index (κ3) is 7.59. The topological polar surface area (TPSA) is 95.7 Å². The van der Waals surface area contributed by atoms with Crippen molar-refractivity contribution >= 4 is 11.9 Å². The highest BCUT2D eigenvalue weighted by Crippen LogP contribution is 2.12.